The van der Waals surface area contributed by atoms with E-state index in [1.807, 2.05) is 0 Å². The normalized spacial score (nSPS) is 12.2. The van der Waals surface area contributed by atoms with Crippen LogP contribution in [0.15, 0.2) is 29.2 Å². The Kier molecular flexibility index (Phi) is 7.75. The average molecular weight is 377 g/mol. The number of benzene rings is 1. The highest BCUT2D eigenvalue weighted by Crippen LogP contribution is 2.24. The van der Waals surface area contributed by atoms with Crippen molar-refractivity contribution in [1.82, 2.24) is 10.6 Å². The van der Waals surface area contributed by atoms with Gasteiger partial charge in [-0.05, 0) is 31.2 Å². The predicted octanol–water partition coefficient (Wildman–Crippen LogP) is 1.92. The van der Waals surface area contributed by atoms with Crippen LogP contribution in [0.3, 0.4) is 0 Å². The summed E-state index contributed by atoms with van der Waals surface area (Å²) >= 11 is 1.21. The van der Waals surface area contributed by atoms with E-state index in [1.165, 1.54) is 18.7 Å². The lowest BCUT2D eigenvalue weighted by Gasteiger charge is -2.13. The molecule has 1 rings (SSSR count). The van der Waals surface area contributed by atoms with Crippen molar-refractivity contribution in [1.29, 1.82) is 0 Å². The van der Waals surface area contributed by atoms with E-state index in [0.717, 1.165) is 4.90 Å². The smallest absolute Gasteiger partial charge is 0.346 e. The number of rotatable bonds is 7. The Morgan fingerprint density at radius 3 is 2.24 bits per heavy atom. The fraction of sp³-hybridized carbons (Fsp3) is 0.400. The van der Waals surface area contributed by atoms with Crippen LogP contribution in [0.4, 0.5) is 18.9 Å². The monoisotopic (exact) mass is 377 g/mol. The number of carbonyl (C=O) groups excluding carboxylic acids is 3. The molecule has 0 aliphatic rings. The molecule has 0 saturated carbocycles. The summed E-state index contributed by atoms with van der Waals surface area (Å²) in [7, 11) is 0. The zero-order valence-corrected chi connectivity index (χ0v) is 14.4. The third kappa shape index (κ3) is 8.99. The topological polar surface area (TPSA) is 87.3 Å². The van der Waals surface area contributed by atoms with Crippen LogP contribution in [0.2, 0.25) is 0 Å². The van der Waals surface area contributed by atoms with E-state index in [1.54, 1.807) is 36.5 Å². The number of thioether (sulfide) groups is 1. The van der Waals surface area contributed by atoms with Crippen molar-refractivity contribution in [2.45, 2.75) is 30.2 Å². The Labute approximate surface area is 146 Å². The van der Waals surface area contributed by atoms with E-state index in [-0.39, 0.29) is 5.91 Å². The maximum Gasteiger partial charge on any atom is 0.405 e. The summed E-state index contributed by atoms with van der Waals surface area (Å²) in [6.45, 7) is 1.03. The van der Waals surface area contributed by atoms with Gasteiger partial charge in [0, 0.05) is 17.5 Å². The van der Waals surface area contributed by atoms with Crippen molar-refractivity contribution in [2.24, 2.45) is 0 Å². The lowest BCUT2D eigenvalue weighted by Crippen LogP contribution is -2.42. The minimum Gasteiger partial charge on any atom is -0.346 e. The molecule has 3 N–H and O–H groups in total. The van der Waals surface area contributed by atoms with E-state index < -0.39 is 36.3 Å². The van der Waals surface area contributed by atoms with Crippen LogP contribution in [-0.4, -0.2) is 42.2 Å². The average Bonchev–Trinajstić information content (AvgIpc) is 2.51. The van der Waals surface area contributed by atoms with E-state index in [2.05, 4.69) is 10.6 Å². The quantitative estimate of drug-likeness (QED) is 0.634. The van der Waals surface area contributed by atoms with Gasteiger partial charge in [-0.3, -0.25) is 14.4 Å². The molecule has 138 valence electrons. The summed E-state index contributed by atoms with van der Waals surface area (Å²) in [5.41, 5.74) is 0.621. The highest BCUT2D eigenvalue weighted by molar-refractivity contribution is 8.00. The van der Waals surface area contributed by atoms with Crippen LogP contribution in [0.25, 0.3) is 0 Å². The minimum atomic E-state index is -4.49. The SMILES string of the molecule is CC(=O)Nc1ccc(SC(C)C(=O)NCC(=O)NCC(F)(F)F)cc1. The maximum atomic E-state index is 12.0. The molecule has 1 aromatic carbocycles. The van der Waals surface area contributed by atoms with Crippen LogP contribution in [-0.2, 0) is 14.4 Å². The van der Waals surface area contributed by atoms with E-state index >= 15 is 0 Å². The van der Waals surface area contributed by atoms with E-state index in [4.69, 9.17) is 0 Å². The molecule has 0 bridgehead atoms. The van der Waals surface area contributed by atoms with Gasteiger partial charge in [0.2, 0.25) is 17.7 Å². The van der Waals surface area contributed by atoms with Gasteiger partial charge in [-0.2, -0.15) is 13.2 Å². The third-order valence-electron chi connectivity index (χ3n) is 2.77. The molecule has 0 saturated heterocycles. The number of alkyl halides is 3. The predicted molar refractivity (Wildman–Crippen MR) is 88.1 cm³/mol. The van der Waals surface area contributed by atoms with Crippen LogP contribution in [0.1, 0.15) is 13.8 Å². The van der Waals surface area contributed by atoms with Crippen molar-refractivity contribution in [3.63, 3.8) is 0 Å². The van der Waals surface area contributed by atoms with Crippen LogP contribution >= 0.6 is 11.8 Å². The molecule has 0 aliphatic carbocycles. The molecule has 0 radical (unpaired) electrons. The largest absolute Gasteiger partial charge is 0.405 e. The summed E-state index contributed by atoms with van der Waals surface area (Å²) in [6, 6.07) is 6.80. The number of nitrogens with one attached hydrogen (secondary N) is 3. The number of hydrogen-bond donors (Lipinski definition) is 3. The summed E-state index contributed by atoms with van der Waals surface area (Å²) in [5, 5.41) is 6.01. The lowest BCUT2D eigenvalue weighted by molar-refractivity contribution is -0.138. The second-order valence-electron chi connectivity index (χ2n) is 5.08. The van der Waals surface area contributed by atoms with Gasteiger partial charge < -0.3 is 16.0 Å². The van der Waals surface area contributed by atoms with Crippen LogP contribution in [0.5, 0.6) is 0 Å². The van der Waals surface area contributed by atoms with Gasteiger partial charge in [-0.25, -0.2) is 0 Å². The highest BCUT2D eigenvalue weighted by atomic mass is 32.2. The first kappa shape index (κ1) is 20.8. The number of hydrogen-bond acceptors (Lipinski definition) is 4. The number of anilines is 1. The fourth-order valence-corrected chi connectivity index (χ4v) is 2.54. The first-order valence-corrected chi connectivity index (χ1v) is 8.10. The van der Waals surface area contributed by atoms with Crippen molar-refractivity contribution in [2.75, 3.05) is 18.4 Å². The Morgan fingerprint density at radius 1 is 1.12 bits per heavy atom. The van der Waals surface area contributed by atoms with Crippen LogP contribution < -0.4 is 16.0 Å². The van der Waals surface area contributed by atoms with Gasteiger partial charge in [-0.15, -0.1) is 11.8 Å². The molecule has 0 aromatic heterocycles. The Bertz CT molecular complexity index is 621. The van der Waals surface area contributed by atoms with Gasteiger partial charge in [0.05, 0.1) is 11.8 Å². The zero-order chi connectivity index (χ0) is 19.0. The standard InChI is InChI=1S/C15H18F3N3O3S/c1-9(14(24)19-7-13(23)20-8-15(16,17)18)25-12-5-3-11(4-6-12)21-10(2)22/h3-6,9H,7-8H2,1-2H3,(H,19,24)(H,20,23)(H,21,22). The molecule has 0 spiro atoms. The van der Waals surface area contributed by atoms with Crippen molar-refractivity contribution in [3.05, 3.63) is 24.3 Å². The van der Waals surface area contributed by atoms with Crippen molar-refractivity contribution in [3.8, 4) is 0 Å². The van der Waals surface area contributed by atoms with Crippen LogP contribution in [0, 0.1) is 0 Å². The Morgan fingerprint density at radius 2 is 1.72 bits per heavy atom. The molecular formula is C15H18F3N3O3S. The highest BCUT2D eigenvalue weighted by Gasteiger charge is 2.27. The fourth-order valence-electron chi connectivity index (χ4n) is 1.65. The zero-order valence-electron chi connectivity index (χ0n) is 13.6. The third-order valence-corrected chi connectivity index (χ3v) is 3.88. The number of amides is 3. The summed E-state index contributed by atoms with van der Waals surface area (Å²) in [6.07, 6.45) is -4.49. The van der Waals surface area contributed by atoms with Crippen molar-refractivity contribution >= 4 is 35.2 Å². The summed E-state index contributed by atoms with van der Waals surface area (Å²) < 4.78 is 35.9. The molecule has 1 unspecified atom stereocenters. The molecule has 1 atom stereocenters. The van der Waals surface area contributed by atoms with Gasteiger partial charge in [-0.1, -0.05) is 0 Å². The first-order chi connectivity index (χ1) is 11.6. The Balaban J connectivity index is 2.41. The minimum absolute atomic E-state index is 0.197. The summed E-state index contributed by atoms with van der Waals surface area (Å²) in [4.78, 5) is 34.8. The maximum absolute atomic E-state index is 12.0. The molecule has 0 fully saturated rings. The molecular weight excluding hydrogens is 359 g/mol. The van der Waals surface area contributed by atoms with E-state index in [9.17, 15) is 27.6 Å². The molecule has 0 aliphatic heterocycles. The van der Waals surface area contributed by atoms with E-state index in [0.29, 0.717) is 5.69 Å². The first-order valence-electron chi connectivity index (χ1n) is 7.22. The van der Waals surface area contributed by atoms with Gasteiger partial charge in [0.25, 0.3) is 0 Å². The second-order valence-corrected chi connectivity index (χ2v) is 6.49. The van der Waals surface area contributed by atoms with Crippen molar-refractivity contribution < 1.29 is 27.6 Å². The molecule has 1 aromatic rings. The number of carbonyl (C=O) groups is 3. The molecule has 25 heavy (non-hydrogen) atoms. The molecule has 6 nitrogen and oxygen atoms in total. The molecule has 0 heterocycles. The summed E-state index contributed by atoms with van der Waals surface area (Å²) in [5.74, 6) is -1.59. The van der Waals surface area contributed by atoms with Gasteiger partial charge in [0.15, 0.2) is 0 Å². The lowest BCUT2D eigenvalue weighted by atomic mass is 10.3. The van der Waals surface area contributed by atoms with Gasteiger partial charge >= 0.3 is 6.18 Å². The second kappa shape index (κ2) is 9.30. The number of halogens is 3. The Hall–Kier alpha value is -2.23. The molecule has 3 amide bonds. The van der Waals surface area contributed by atoms with Gasteiger partial charge in [0.1, 0.15) is 6.54 Å². The molecule has 10 heteroatoms.